The Bertz CT molecular complexity index is 637. The Kier molecular flexibility index (Phi) is 6.66. The summed E-state index contributed by atoms with van der Waals surface area (Å²) >= 11 is 0. The van der Waals surface area contributed by atoms with Crippen LogP contribution < -0.4 is 10.1 Å². The molecule has 1 N–H and O–H groups in total. The first-order valence-corrected chi connectivity index (χ1v) is 8.26. The van der Waals surface area contributed by atoms with Gasteiger partial charge in [0.05, 0.1) is 17.9 Å². The van der Waals surface area contributed by atoms with Crippen molar-refractivity contribution < 1.29 is 18.8 Å². The van der Waals surface area contributed by atoms with Crippen molar-refractivity contribution in [1.82, 2.24) is 5.16 Å². The second-order valence-corrected chi connectivity index (χ2v) is 5.47. The fraction of sp³-hybridized carbons (Fsp3) is 0.444. The predicted octanol–water partition coefficient (Wildman–Crippen LogP) is 4.17. The molecule has 6 nitrogen and oxygen atoms in total. The van der Waals surface area contributed by atoms with Crippen molar-refractivity contribution in [2.45, 2.75) is 46.3 Å². The Labute approximate surface area is 142 Å². The molecule has 0 aliphatic heterocycles. The van der Waals surface area contributed by atoms with Gasteiger partial charge in [0.25, 0.3) is 0 Å². The van der Waals surface area contributed by atoms with Crippen LogP contribution in [0.2, 0.25) is 0 Å². The Morgan fingerprint density at radius 2 is 2.04 bits per heavy atom. The summed E-state index contributed by atoms with van der Waals surface area (Å²) in [5.74, 6) is 0.923. The number of anilines is 1. The van der Waals surface area contributed by atoms with Gasteiger partial charge in [-0.15, -0.1) is 0 Å². The number of hydrogen-bond donors (Lipinski definition) is 1. The monoisotopic (exact) mass is 332 g/mol. The highest BCUT2D eigenvalue weighted by molar-refractivity contribution is 5.89. The molecule has 0 amide bonds. The quantitative estimate of drug-likeness (QED) is 0.549. The van der Waals surface area contributed by atoms with E-state index < -0.39 is 0 Å². The summed E-state index contributed by atoms with van der Waals surface area (Å²) in [5, 5.41) is 7.06. The van der Waals surface area contributed by atoms with E-state index in [2.05, 4.69) is 17.4 Å². The van der Waals surface area contributed by atoms with Crippen LogP contribution >= 0.6 is 0 Å². The molecule has 130 valence electrons. The van der Waals surface area contributed by atoms with Crippen molar-refractivity contribution >= 4 is 11.9 Å². The van der Waals surface area contributed by atoms with E-state index in [-0.39, 0.29) is 12.2 Å². The van der Waals surface area contributed by atoms with Crippen LogP contribution in [0.25, 0.3) is 0 Å². The standard InChI is InChI=1S/C18H24N2O4/c1-4-6-7-16(19-17-12-13(3)20-24-17)23-15-10-8-14(9-11-15)18(21)22-5-2/h8-12,16,19H,4-7H2,1-3H3. The SMILES string of the molecule is CCCCC(Nc1cc(C)no1)Oc1ccc(C(=O)OCC)cc1. The minimum Gasteiger partial charge on any atom is -0.471 e. The fourth-order valence-corrected chi connectivity index (χ4v) is 2.19. The van der Waals surface area contributed by atoms with Crippen molar-refractivity contribution in [3.8, 4) is 5.75 Å². The van der Waals surface area contributed by atoms with Crippen molar-refractivity contribution in [1.29, 1.82) is 0 Å². The van der Waals surface area contributed by atoms with Gasteiger partial charge in [-0.1, -0.05) is 18.5 Å². The van der Waals surface area contributed by atoms with Gasteiger partial charge in [-0.05, 0) is 44.5 Å². The molecule has 0 fully saturated rings. The highest BCUT2D eigenvalue weighted by Gasteiger charge is 2.13. The topological polar surface area (TPSA) is 73.6 Å². The molecule has 2 aromatic rings. The number of unbranched alkanes of at least 4 members (excludes halogenated alkanes) is 1. The first-order valence-electron chi connectivity index (χ1n) is 8.26. The number of carbonyl (C=O) groups excluding carboxylic acids is 1. The number of ether oxygens (including phenoxy) is 2. The number of nitrogens with one attached hydrogen (secondary N) is 1. The first kappa shape index (κ1) is 17.8. The van der Waals surface area contributed by atoms with Gasteiger partial charge in [-0.25, -0.2) is 4.79 Å². The minimum absolute atomic E-state index is 0.231. The van der Waals surface area contributed by atoms with Crippen molar-refractivity contribution in [2.24, 2.45) is 0 Å². The molecule has 1 heterocycles. The van der Waals surface area contributed by atoms with E-state index in [1.54, 1.807) is 31.2 Å². The van der Waals surface area contributed by atoms with Crippen LogP contribution in [0, 0.1) is 6.92 Å². The molecule has 0 spiro atoms. The van der Waals surface area contributed by atoms with Crippen molar-refractivity contribution in [2.75, 3.05) is 11.9 Å². The maximum Gasteiger partial charge on any atom is 0.338 e. The average molecular weight is 332 g/mol. The van der Waals surface area contributed by atoms with E-state index in [1.807, 2.05) is 13.0 Å². The summed E-state index contributed by atoms with van der Waals surface area (Å²) in [6.45, 7) is 6.13. The molecule has 1 unspecified atom stereocenters. The van der Waals surface area contributed by atoms with Gasteiger partial charge in [0.1, 0.15) is 5.75 Å². The molecular weight excluding hydrogens is 308 g/mol. The molecule has 0 radical (unpaired) electrons. The number of hydrogen-bond acceptors (Lipinski definition) is 6. The average Bonchev–Trinajstić information content (AvgIpc) is 2.98. The van der Waals surface area contributed by atoms with E-state index >= 15 is 0 Å². The lowest BCUT2D eigenvalue weighted by atomic mass is 10.2. The lowest BCUT2D eigenvalue weighted by molar-refractivity contribution is 0.0526. The minimum atomic E-state index is -0.332. The predicted molar refractivity (Wildman–Crippen MR) is 91.2 cm³/mol. The second kappa shape index (κ2) is 8.96. The smallest absolute Gasteiger partial charge is 0.338 e. The molecule has 24 heavy (non-hydrogen) atoms. The molecular formula is C18H24N2O4. The van der Waals surface area contributed by atoms with Gasteiger partial charge < -0.3 is 19.3 Å². The van der Waals surface area contributed by atoms with E-state index in [4.69, 9.17) is 14.0 Å². The maximum atomic E-state index is 11.7. The van der Waals surface area contributed by atoms with Crippen LogP contribution in [-0.2, 0) is 4.74 Å². The molecule has 0 aliphatic carbocycles. The second-order valence-electron chi connectivity index (χ2n) is 5.47. The van der Waals surface area contributed by atoms with Gasteiger partial charge in [0.2, 0.25) is 5.88 Å². The zero-order chi connectivity index (χ0) is 17.4. The van der Waals surface area contributed by atoms with E-state index in [1.165, 1.54) is 0 Å². The third-order valence-corrected chi connectivity index (χ3v) is 3.39. The maximum absolute atomic E-state index is 11.7. The molecule has 0 aliphatic rings. The van der Waals surface area contributed by atoms with Crippen molar-refractivity contribution in [3.05, 3.63) is 41.6 Å². The van der Waals surface area contributed by atoms with E-state index in [0.29, 0.717) is 23.8 Å². The first-order chi connectivity index (χ1) is 11.6. The van der Waals surface area contributed by atoms with Crippen LogP contribution in [0.3, 0.4) is 0 Å². The molecule has 1 aromatic heterocycles. The largest absolute Gasteiger partial charge is 0.471 e. The summed E-state index contributed by atoms with van der Waals surface area (Å²) < 4.78 is 16.1. The van der Waals surface area contributed by atoms with Gasteiger partial charge in [0.15, 0.2) is 6.23 Å². The lowest BCUT2D eigenvalue weighted by Crippen LogP contribution is -2.26. The number of aryl methyl sites for hydroxylation is 1. The van der Waals surface area contributed by atoms with Crippen LogP contribution in [0.4, 0.5) is 5.88 Å². The summed E-state index contributed by atoms with van der Waals surface area (Å²) in [7, 11) is 0. The van der Waals surface area contributed by atoms with E-state index in [9.17, 15) is 4.79 Å². The number of aromatic nitrogens is 1. The molecule has 0 saturated heterocycles. The number of esters is 1. The fourth-order valence-electron chi connectivity index (χ4n) is 2.19. The summed E-state index contributed by atoms with van der Waals surface area (Å²) in [5.41, 5.74) is 1.32. The molecule has 6 heteroatoms. The third-order valence-electron chi connectivity index (χ3n) is 3.39. The number of benzene rings is 1. The zero-order valence-electron chi connectivity index (χ0n) is 14.4. The van der Waals surface area contributed by atoms with Gasteiger partial charge >= 0.3 is 5.97 Å². The van der Waals surface area contributed by atoms with Crippen molar-refractivity contribution in [3.63, 3.8) is 0 Å². The number of rotatable bonds is 9. The number of carbonyl (C=O) groups is 1. The molecule has 0 bridgehead atoms. The lowest BCUT2D eigenvalue weighted by Gasteiger charge is -2.19. The Hall–Kier alpha value is -2.50. The Balaban J connectivity index is 2.01. The molecule has 1 aromatic carbocycles. The highest BCUT2D eigenvalue weighted by atomic mass is 16.5. The molecule has 0 saturated carbocycles. The summed E-state index contributed by atoms with van der Waals surface area (Å²) in [6, 6.07) is 8.74. The molecule has 1 atom stereocenters. The van der Waals surface area contributed by atoms with Gasteiger partial charge in [-0.2, -0.15) is 0 Å². The normalized spacial score (nSPS) is 11.8. The van der Waals surface area contributed by atoms with Crippen LogP contribution in [-0.4, -0.2) is 24.0 Å². The Morgan fingerprint density at radius 3 is 2.62 bits per heavy atom. The summed E-state index contributed by atoms with van der Waals surface area (Å²) in [4.78, 5) is 11.7. The van der Waals surface area contributed by atoms with E-state index in [0.717, 1.165) is 25.0 Å². The summed E-state index contributed by atoms with van der Waals surface area (Å²) in [6.07, 6.45) is 2.69. The van der Waals surface area contributed by atoms with Crippen LogP contribution in [0.1, 0.15) is 49.2 Å². The number of nitrogens with zero attached hydrogens (tertiary/aromatic N) is 1. The highest BCUT2D eigenvalue weighted by Crippen LogP contribution is 2.19. The van der Waals surface area contributed by atoms with Gasteiger partial charge in [-0.3, -0.25) is 0 Å². The molecule has 2 rings (SSSR count). The Morgan fingerprint density at radius 1 is 1.29 bits per heavy atom. The zero-order valence-corrected chi connectivity index (χ0v) is 14.4. The van der Waals surface area contributed by atoms with Crippen LogP contribution in [0.15, 0.2) is 34.9 Å². The van der Waals surface area contributed by atoms with Crippen LogP contribution in [0.5, 0.6) is 5.75 Å². The van der Waals surface area contributed by atoms with Gasteiger partial charge in [0, 0.05) is 12.5 Å². The third kappa shape index (κ3) is 5.30.